The number of aliphatic hydroxyl groups excluding tert-OH is 1. The van der Waals surface area contributed by atoms with Crippen LogP contribution in [0.2, 0.25) is 0 Å². The molecule has 4 nitrogen and oxygen atoms in total. The van der Waals surface area contributed by atoms with E-state index in [0.29, 0.717) is 5.56 Å². The molecule has 1 aromatic carbocycles. The van der Waals surface area contributed by atoms with Gasteiger partial charge in [0.25, 0.3) is 0 Å². The van der Waals surface area contributed by atoms with Crippen LogP contribution in [0.5, 0.6) is 0 Å². The van der Waals surface area contributed by atoms with Gasteiger partial charge in [-0.15, -0.1) is 0 Å². The average Bonchev–Trinajstić information content (AvgIpc) is 2.36. The van der Waals surface area contributed by atoms with Gasteiger partial charge in [-0.3, -0.25) is 0 Å². The van der Waals surface area contributed by atoms with Crippen LogP contribution < -0.4 is 4.72 Å². The van der Waals surface area contributed by atoms with Crippen molar-refractivity contribution in [1.29, 1.82) is 0 Å². The second-order valence-corrected chi connectivity index (χ2v) is 7.25. The van der Waals surface area contributed by atoms with Crippen molar-refractivity contribution in [3.8, 4) is 0 Å². The van der Waals surface area contributed by atoms with Gasteiger partial charge in [0, 0.05) is 6.04 Å². The number of hydrogen-bond acceptors (Lipinski definition) is 4. The fourth-order valence-electron chi connectivity index (χ4n) is 1.61. The molecule has 0 saturated heterocycles. The van der Waals surface area contributed by atoms with Crippen LogP contribution in [0.15, 0.2) is 29.2 Å². The lowest BCUT2D eigenvalue weighted by molar-refractivity contribution is 0.199. The Bertz CT molecular complexity index is 483. The maximum atomic E-state index is 12.1. The normalized spacial score (nSPS) is 15.2. The lowest BCUT2D eigenvalue weighted by atomic mass is 10.1. The summed E-state index contributed by atoms with van der Waals surface area (Å²) < 4.78 is 26.9. The molecule has 2 unspecified atom stereocenters. The summed E-state index contributed by atoms with van der Waals surface area (Å²) in [6, 6.07) is 6.21. The van der Waals surface area contributed by atoms with Crippen molar-refractivity contribution in [2.24, 2.45) is 0 Å². The highest BCUT2D eigenvalue weighted by atomic mass is 32.2. The summed E-state index contributed by atoms with van der Waals surface area (Å²) in [4.78, 5) is 0.230. The highest BCUT2D eigenvalue weighted by Gasteiger charge is 2.17. The molecule has 1 aromatic rings. The number of benzene rings is 1. The minimum Gasteiger partial charge on any atom is -0.389 e. The molecule has 0 aliphatic carbocycles. The molecule has 108 valence electrons. The zero-order valence-corrected chi connectivity index (χ0v) is 13.1. The molecule has 0 bridgehead atoms. The van der Waals surface area contributed by atoms with Crippen molar-refractivity contribution in [1.82, 2.24) is 4.72 Å². The van der Waals surface area contributed by atoms with E-state index < -0.39 is 16.1 Å². The van der Waals surface area contributed by atoms with E-state index >= 15 is 0 Å². The number of aliphatic hydroxyl groups is 1. The molecule has 0 heterocycles. The van der Waals surface area contributed by atoms with Gasteiger partial charge in [0.15, 0.2) is 0 Å². The molecule has 6 heteroatoms. The number of sulfonamides is 1. The minimum atomic E-state index is -3.47. The molecule has 0 radical (unpaired) electrons. The van der Waals surface area contributed by atoms with Gasteiger partial charge in [-0.2, -0.15) is 11.8 Å². The zero-order chi connectivity index (χ0) is 14.5. The first-order valence-corrected chi connectivity index (χ1v) is 9.04. The van der Waals surface area contributed by atoms with Gasteiger partial charge < -0.3 is 5.11 Å². The Morgan fingerprint density at radius 2 is 1.84 bits per heavy atom. The van der Waals surface area contributed by atoms with Crippen molar-refractivity contribution in [2.75, 3.05) is 12.0 Å². The molecule has 2 N–H and O–H groups in total. The van der Waals surface area contributed by atoms with Gasteiger partial charge >= 0.3 is 0 Å². The fourth-order valence-corrected chi connectivity index (χ4v) is 3.48. The Morgan fingerprint density at radius 1 is 1.26 bits per heavy atom. The highest BCUT2D eigenvalue weighted by Crippen LogP contribution is 2.16. The van der Waals surface area contributed by atoms with E-state index in [-0.39, 0.29) is 10.9 Å². The highest BCUT2D eigenvalue weighted by molar-refractivity contribution is 7.98. The van der Waals surface area contributed by atoms with Crippen LogP contribution >= 0.6 is 11.8 Å². The molecule has 0 aliphatic heterocycles. The summed E-state index contributed by atoms with van der Waals surface area (Å²) in [6.45, 7) is 3.50. The quantitative estimate of drug-likeness (QED) is 0.810. The van der Waals surface area contributed by atoms with E-state index in [0.717, 1.165) is 12.2 Å². The first-order chi connectivity index (χ1) is 8.86. The van der Waals surface area contributed by atoms with E-state index in [1.807, 2.05) is 13.2 Å². The van der Waals surface area contributed by atoms with E-state index in [9.17, 15) is 13.5 Å². The third-order valence-corrected chi connectivity index (χ3v) is 5.03. The predicted octanol–water partition coefficient (Wildman–Crippen LogP) is 2.16. The third-order valence-electron chi connectivity index (χ3n) is 2.78. The lowest BCUT2D eigenvalue weighted by Gasteiger charge is -2.14. The fraction of sp³-hybridized carbons (Fsp3) is 0.538. The molecule has 0 aromatic heterocycles. The van der Waals surface area contributed by atoms with Gasteiger partial charge in [0.05, 0.1) is 11.0 Å². The molecule has 0 aliphatic rings. The summed E-state index contributed by atoms with van der Waals surface area (Å²) in [5, 5.41) is 9.39. The molecular weight excluding hydrogens is 282 g/mol. The predicted molar refractivity (Wildman–Crippen MR) is 79.9 cm³/mol. The van der Waals surface area contributed by atoms with Crippen LogP contribution in [0.25, 0.3) is 0 Å². The molecule has 1 rings (SSSR count). The van der Waals surface area contributed by atoms with Gasteiger partial charge in [-0.1, -0.05) is 12.1 Å². The second-order valence-electron chi connectivity index (χ2n) is 4.55. The second kappa shape index (κ2) is 7.28. The summed E-state index contributed by atoms with van der Waals surface area (Å²) in [6.07, 6.45) is 2.20. The first kappa shape index (κ1) is 16.5. The summed E-state index contributed by atoms with van der Waals surface area (Å²) >= 11 is 1.69. The molecule has 0 amide bonds. The number of hydrogen-bond donors (Lipinski definition) is 2. The Hall–Kier alpha value is -0.560. The summed E-state index contributed by atoms with van der Waals surface area (Å²) in [5.41, 5.74) is 0.703. The minimum absolute atomic E-state index is 0.0890. The monoisotopic (exact) mass is 303 g/mol. The van der Waals surface area contributed by atoms with Gasteiger partial charge in [-0.05, 0) is 50.0 Å². The average molecular weight is 303 g/mol. The van der Waals surface area contributed by atoms with E-state index in [2.05, 4.69) is 4.72 Å². The van der Waals surface area contributed by atoms with Crippen molar-refractivity contribution >= 4 is 21.8 Å². The Morgan fingerprint density at radius 3 is 2.32 bits per heavy atom. The molecule has 0 spiro atoms. The Balaban J connectivity index is 2.77. The maximum absolute atomic E-state index is 12.1. The van der Waals surface area contributed by atoms with Crippen molar-refractivity contribution in [3.05, 3.63) is 29.8 Å². The van der Waals surface area contributed by atoms with Crippen LogP contribution in [0.1, 0.15) is 31.9 Å². The van der Waals surface area contributed by atoms with Gasteiger partial charge in [-0.25, -0.2) is 13.1 Å². The standard InChI is InChI=1S/C13H21NO3S2/c1-10(8-9-18-3)14-19(16,17)13-6-4-12(5-7-13)11(2)15/h4-7,10-11,14-15H,8-9H2,1-3H3. The molecule has 0 fully saturated rings. The van der Waals surface area contributed by atoms with E-state index in [1.165, 1.54) is 12.1 Å². The number of nitrogens with one attached hydrogen (secondary N) is 1. The van der Waals surface area contributed by atoms with E-state index in [1.54, 1.807) is 30.8 Å². The first-order valence-electron chi connectivity index (χ1n) is 6.16. The largest absolute Gasteiger partial charge is 0.389 e. The zero-order valence-electron chi connectivity index (χ0n) is 11.5. The Labute approximate surface area is 119 Å². The molecule has 2 atom stereocenters. The lowest BCUT2D eigenvalue weighted by Crippen LogP contribution is -2.33. The Kier molecular flexibility index (Phi) is 6.32. The van der Waals surface area contributed by atoms with Crippen molar-refractivity contribution in [3.63, 3.8) is 0 Å². The van der Waals surface area contributed by atoms with Crippen LogP contribution in [0.3, 0.4) is 0 Å². The third kappa shape index (κ3) is 5.14. The molecular formula is C13H21NO3S2. The van der Waals surface area contributed by atoms with E-state index in [4.69, 9.17) is 0 Å². The van der Waals surface area contributed by atoms with Crippen LogP contribution in [0, 0.1) is 0 Å². The number of thioether (sulfide) groups is 1. The van der Waals surface area contributed by atoms with Gasteiger partial charge in [0.2, 0.25) is 10.0 Å². The van der Waals surface area contributed by atoms with Crippen LogP contribution in [0.4, 0.5) is 0 Å². The van der Waals surface area contributed by atoms with Gasteiger partial charge in [0.1, 0.15) is 0 Å². The molecule has 19 heavy (non-hydrogen) atoms. The van der Waals surface area contributed by atoms with Crippen LogP contribution in [-0.2, 0) is 10.0 Å². The van der Waals surface area contributed by atoms with Crippen molar-refractivity contribution < 1.29 is 13.5 Å². The number of rotatable bonds is 7. The van der Waals surface area contributed by atoms with Crippen LogP contribution in [-0.4, -0.2) is 31.6 Å². The smallest absolute Gasteiger partial charge is 0.240 e. The maximum Gasteiger partial charge on any atom is 0.240 e. The van der Waals surface area contributed by atoms with Crippen molar-refractivity contribution in [2.45, 2.75) is 37.3 Å². The molecule has 0 saturated carbocycles. The topological polar surface area (TPSA) is 66.4 Å². The summed E-state index contributed by atoms with van der Waals surface area (Å²) in [5.74, 6) is 0.921. The SMILES string of the molecule is CSCCC(C)NS(=O)(=O)c1ccc(C(C)O)cc1. The summed E-state index contributed by atoms with van der Waals surface area (Å²) in [7, 11) is -3.47.